The summed E-state index contributed by atoms with van der Waals surface area (Å²) in [7, 11) is 0. The summed E-state index contributed by atoms with van der Waals surface area (Å²) < 4.78 is 0. The summed E-state index contributed by atoms with van der Waals surface area (Å²) in [6.07, 6.45) is 2.93. The quantitative estimate of drug-likeness (QED) is 0.730. The fourth-order valence-electron chi connectivity index (χ4n) is 1.07. The Bertz CT molecular complexity index is 572. The van der Waals surface area contributed by atoms with Gasteiger partial charge in [-0.3, -0.25) is 0 Å². The van der Waals surface area contributed by atoms with Gasteiger partial charge in [-0.05, 0) is 11.8 Å². The van der Waals surface area contributed by atoms with Crippen LogP contribution in [0.5, 0.6) is 0 Å². The Hall–Kier alpha value is -2.40. The maximum atomic E-state index is 8.85. The van der Waals surface area contributed by atoms with Crippen molar-refractivity contribution >= 4 is 23.4 Å². The summed E-state index contributed by atoms with van der Waals surface area (Å²) in [5, 5.41) is 9.60. The molecule has 0 amide bonds. The van der Waals surface area contributed by atoms with E-state index in [-0.39, 0.29) is 17.3 Å². The van der Waals surface area contributed by atoms with Crippen LogP contribution in [0, 0.1) is 11.3 Å². The van der Waals surface area contributed by atoms with Crippen LogP contribution in [-0.2, 0) is 0 Å². The van der Waals surface area contributed by atoms with Crippen LogP contribution < -0.4 is 11.5 Å². The molecule has 0 aliphatic rings. The molecule has 0 radical (unpaired) electrons. The van der Waals surface area contributed by atoms with E-state index < -0.39 is 0 Å². The van der Waals surface area contributed by atoms with Crippen LogP contribution in [0.1, 0.15) is 5.69 Å². The molecule has 2 heterocycles. The molecule has 0 atom stereocenters. The number of nitrogens with two attached hydrogens (primary N) is 2. The lowest BCUT2D eigenvalue weighted by molar-refractivity contribution is 0.964. The van der Waals surface area contributed by atoms with Crippen LogP contribution in [0.15, 0.2) is 28.6 Å². The zero-order chi connectivity index (χ0) is 12.3. The topological polar surface area (TPSA) is 127 Å². The van der Waals surface area contributed by atoms with Crippen molar-refractivity contribution < 1.29 is 0 Å². The van der Waals surface area contributed by atoms with Gasteiger partial charge in [-0.15, -0.1) is 0 Å². The second-order valence-electron chi connectivity index (χ2n) is 2.92. The van der Waals surface area contributed by atoms with Crippen molar-refractivity contribution in [2.75, 3.05) is 11.5 Å². The molecule has 17 heavy (non-hydrogen) atoms. The van der Waals surface area contributed by atoms with Gasteiger partial charge in [0.1, 0.15) is 22.7 Å². The Kier molecular flexibility index (Phi) is 3.02. The van der Waals surface area contributed by atoms with Crippen LogP contribution in [0.3, 0.4) is 0 Å². The lowest BCUT2D eigenvalue weighted by atomic mass is 10.5. The smallest absolute Gasteiger partial charge is 0.197 e. The van der Waals surface area contributed by atoms with Gasteiger partial charge in [0.25, 0.3) is 0 Å². The molecule has 0 saturated carbocycles. The summed E-state index contributed by atoms with van der Waals surface area (Å²) in [6, 6.07) is 3.38. The summed E-state index contributed by atoms with van der Waals surface area (Å²) in [5.41, 5.74) is 11.3. The highest BCUT2D eigenvalue weighted by atomic mass is 32.2. The lowest BCUT2D eigenvalue weighted by Crippen LogP contribution is -2.00. The van der Waals surface area contributed by atoms with Crippen LogP contribution >= 0.6 is 11.8 Å². The van der Waals surface area contributed by atoms with Crippen LogP contribution in [-0.4, -0.2) is 19.9 Å². The van der Waals surface area contributed by atoms with E-state index in [9.17, 15) is 0 Å². The third-order valence-electron chi connectivity index (χ3n) is 1.70. The van der Waals surface area contributed by atoms with Crippen molar-refractivity contribution in [3.8, 4) is 6.07 Å². The number of nitrogens with zero attached hydrogens (tertiary/aromatic N) is 5. The fourth-order valence-corrected chi connectivity index (χ4v) is 1.85. The normalized spacial score (nSPS) is 9.82. The van der Waals surface area contributed by atoms with Gasteiger partial charge < -0.3 is 11.5 Å². The molecular formula is C9H7N7S. The van der Waals surface area contributed by atoms with E-state index in [1.54, 1.807) is 0 Å². The number of hydrogen-bond acceptors (Lipinski definition) is 8. The Balaban J connectivity index is 2.35. The van der Waals surface area contributed by atoms with Crippen LogP contribution in [0.25, 0.3) is 0 Å². The molecule has 0 aliphatic carbocycles. The van der Waals surface area contributed by atoms with E-state index in [0.717, 1.165) is 11.8 Å². The van der Waals surface area contributed by atoms with Crippen LogP contribution in [0.4, 0.5) is 11.6 Å². The first-order valence-electron chi connectivity index (χ1n) is 4.48. The number of anilines is 2. The summed E-state index contributed by atoms with van der Waals surface area (Å²) in [6.45, 7) is 0. The summed E-state index contributed by atoms with van der Waals surface area (Å²) in [4.78, 5) is 15.9. The number of hydrogen-bond donors (Lipinski definition) is 2. The molecule has 4 N–H and O–H groups in total. The van der Waals surface area contributed by atoms with E-state index in [2.05, 4.69) is 19.9 Å². The molecule has 8 heteroatoms. The maximum absolute atomic E-state index is 8.85. The number of nitrogen functional groups attached to an aromatic ring is 2. The van der Waals surface area contributed by atoms with Gasteiger partial charge in [0.2, 0.25) is 0 Å². The van der Waals surface area contributed by atoms with Crippen molar-refractivity contribution in [1.29, 1.82) is 5.26 Å². The molecule has 0 fully saturated rings. The summed E-state index contributed by atoms with van der Waals surface area (Å²) in [5.74, 6) is 0.532. The molecule has 2 rings (SSSR count). The minimum atomic E-state index is 0.210. The standard InChI is InChI=1S/C9H7N7S/c10-4-5-8(14-2-1-13-5)17-9-15-6(11)3-7(12)16-9/h1-3H,(H4,11,12,15,16). The SMILES string of the molecule is N#Cc1nccnc1Sc1nc(N)cc(N)n1. The maximum Gasteiger partial charge on any atom is 0.197 e. The predicted molar refractivity (Wildman–Crippen MR) is 61.7 cm³/mol. The molecule has 0 aliphatic heterocycles. The minimum Gasteiger partial charge on any atom is -0.383 e. The number of nitriles is 1. The third-order valence-corrected chi connectivity index (χ3v) is 2.56. The highest BCUT2D eigenvalue weighted by Crippen LogP contribution is 2.25. The van der Waals surface area contributed by atoms with Gasteiger partial charge in [0.05, 0.1) is 0 Å². The molecule has 2 aromatic rings. The van der Waals surface area contributed by atoms with Gasteiger partial charge in [-0.25, -0.2) is 19.9 Å². The first-order chi connectivity index (χ1) is 8.19. The zero-order valence-corrected chi connectivity index (χ0v) is 9.35. The van der Waals surface area contributed by atoms with Crippen molar-refractivity contribution in [3.63, 3.8) is 0 Å². The third kappa shape index (κ3) is 2.59. The van der Waals surface area contributed by atoms with Crippen molar-refractivity contribution in [1.82, 2.24) is 19.9 Å². The van der Waals surface area contributed by atoms with Crippen molar-refractivity contribution in [3.05, 3.63) is 24.2 Å². The first kappa shape index (κ1) is 11.1. The Morgan fingerprint density at radius 1 is 1.12 bits per heavy atom. The van der Waals surface area contributed by atoms with Gasteiger partial charge in [0, 0.05) is 18.5 Å². The van der Waals surface area contributed by atoms with E-state index in [1.807, 2.05) is 6.07 Å². The Morgan fingerprint density at radius 2 is 1.76 bits per heavy atom. The highest BCUT2D eigenvalue weighted by Gasteiger charge is 2.09. The fraction of sp³-hybridized carbons (Fsp3) is 0. The Labute approximate surface area is 101 Å². The molecule has 0 unspecified atom stereocenters. The first-order valence-corrected chi connectivity index (χ1v) is 5.29. The van der Waals surface area contributed by atoms with E-state index in [4.69, 9.17) is 16.7 Å². The molecule has 2 aromatic heterocycles. The number of rotatable bonds is 2. The van der Waals surface area contributed by atoms with Gasteiger partial charge >= 0.3 is 0 Å². The molecule has 84 valence electrons. The van der Waals surface area contributed by atoms with Gasteiger partial charge in [-0.2, -0.15) is 5.26 Å². The van der Waals surface area contributed by atoms with Crippen molar-refractivity contribution in [2.24, 2.45) is 0 Å². The highest BCUT2D eigenvalue weighted by molar-refractivity contribution is 7.99. The predicted octanol–water partition coefficient (Wildman–Crippen LogP) is 0.454. The van der Waals surface area contributed by atoms with Crippen molar-refractivity contribution in [2.45, 2.75) is 10.2 Å². The monoisotopic (exact) mass is 245 g/mol. The van der Waals surface area contributed by atoms with E-state index >= 15 is 0 Å². The number of aromatic nitrogens is 4. The largest absolute Gasteiger partial charge is 0.383 e. The molecular weight excluding hydrogens is 238 g/mol. The van der Waals surface area contributed by atoms with Gasteiger partial charge in [-0.1, -0.05) is 0 Å². The average Bonchev–Trinajstić information content (AvgIpc) is 2.28. The molecule has 0 aromatic carbocycles. The molecule has 0 bridgehead atoms. The zero-order valence-electron chi connectivity index (χ0n) is 8.53. The summed E-state index contributed by atoms with van der Waals surface area (Å²) >= 11 is 1.09. The van der Waals surface area contributed by atoms with E-state index in [1.165, 1.54) is 18.5 Å². The second-order valence-corrected chi connectivity index (χ2v) is 3.88. The molecule has 0 saturated heterocycles. The Morgan fingerprint density at radius 3 is 2.41 bits per heavy atom. The van der Waals surface area contributed by atoms with E-state index in [0.29, 0.717) is 10.2 Å². The average molecular weight is 245 g/mol. The molecule has 0 spiro atoms. The van der Waals surface area contributed by atoms with Crippen LogP contribution in [0.2, 0.25) is 0 Å². The van der Waals surface area contributed by atoms with Gasteiger partial charge in [0.15, 0.2) is 10.9 Å². The molecule has 7 nitrogen and oxygen atoms in total. The second kappa shape index (κ2) is 4.63. The minimum absolute atomic E-state index is 0.210. The lowest BCUT2D eigenvalue weighted by Gasteiger charge is -2.02.